The van der Waals surface area contributed by atoms with Crippen molar-refractivity contribution in [2.24, 2.45) is 0 Å². The quantitative estimate of drug-likeness (QED) is 0.458. The maximum atomic E-state index is 13.2. The molecular formula is C33H32N4O5. The summed E-state index contributed by atoms with van der Waals surface area (Å²) in [7, 11) is 0. The largest absolute Gasteiger partial charge is 0.506 e. The molecule has 0 aromatic heterocycles. The number of nitrogens with one attached hydrogen (secondary N) is 1. The van der Waals surface area contributed by atoms with E-state index in [2.05, 4.69) is 22.3 Å². The summed E-state index contributed by atoms with van der Waals surface area (Å²) in [6, 6.07) is 18.5. The molecule has 1 unspecified atom stereocenters. The molecular weight excluding hydrogens is 532 g/mol. The lowest BCUT2D eigenvalue weighted by Gasteiger charge is -2.32. The number of imide groups is 1. The van der Waals surface area contributed by atoms with Crippen LogP contribution < -0.4 is 10.2 Å². The Balaban J connectivity index is 0.976. The Morgan fingerprint density at radius 1 is 0.810 bits per heavy atom. The molecule has 4 amide bonds. The number of phenols is 1. The molecule has 0 bridgehead atoms. The van der Waals surface area contributed by atoms with Crippen molar-refractivity contribution >= 4 is 29.3 Å². The number of aromatic hydroxyl groups is 1. The molecule has 9 nitrogen and oxygen atoms in total. The van der Waals surface area contributed by atoms with Gasteiger partial charge in [0.05, 0.1) is 12.2 Å². The van der Waals surface area contributed by atoms with E-state index < -0.39 is 6.04 Å². The predicted molar refractivity (Wildman–Crippen MR) is 155 cm³/mol. The highest BCUT2D eigenvalue weighted by Gasteiger charge is 2.39. The van der Waals surface area contributed by atoms with Gasteiger partial charge in [0.1, 0.15) is 11.8 Å². The van der Waals surface area contributed by atoms with Crippen LogP contribution in [0.4, 0.5) is 5.69 Å². The molecule has 0 aliphatic carbocycles. The minimum Gasteiger partial charge on any atom is -0.506 e. The summed E-state index contributed by atoms with van der Waals surface area (Å²) in [6.45, 7) is 3.47. The molecule has 4 aliphatic rings. The third-order valence-electron chi connectivity index (χ3n) is 9.16. The van der Waals surface area contributed by atoms with Crippen LogP contribution in [0, 0.1) is 0 Å². The Hall–Kier alpha value is -4.50. The molecule has 2 saturated heterocycles. The maximum absolute atomic E-state index is 13.2. The molecule has 0 saturated carbocycles. The summed E-state index contributed by atoms with van der Waals surface area (Å²) in [6.07, 6.45) is 2.60. The van der Waals surface area contributed by atoms with Crippen molar-refractivity contribution < 1.29 is 24.3 Å². The zero-order valence-electron chi connectivity index (χ0n) is 23.2. The molecule has 3 aromatic rings. The van der Waals surface area contributed by atoms with Gasteiger partial charge in [-0.15, -0.1) is 0 Å². The highest BCUT2D eigenvalue weighted by atomic mass is 16.3. The molecule has 2 N–H and O–H groups in total. The fourth-order valence-corrected chi connectivity index (χ4v) is 6.86. The minimum atomic E-state index is -0.600. The van der Waals surface area contributed by atoms with Gasteiger partial charge in [-0.05, 0) is 84.8 Å². The fraction of sp³-hybridized carbons (Fsp3) is 0.333. The van der Waals surface area contributed by atoms with Gasteiger partial charge in [0.15, 0.2) is 0 Å². The van der Waals surface area contributed by atoms with Crippen molar-refractivity contribution in [1.82, 2.24) is 15.1 Å². The van der Waals surface area contributed by atoms with Crippen LogP contribution in [-0.2, 0) is 29.2 Å². The summed E-state index contributed by atoms with van der Waals surface area (Å²) >= 11 is 0. The number of carbonyl (C=O) groups is 4. The standard InChI is InChI=1S/C33H32N4O5/c38-29-4-2-1-3-27(29)36-18-23-6-5-20(15-26(23)33(36)42)17-35-13-11-21(12-14-35)22-7-8-25-24(16-22)19-37(32(25)41)28-9-10-30(39)34-31(28)40/h1-8,15-16,21,28,38H,9-14,17-19H2,(H,34,39,40). The highest BCUT2D eigenvalue weighted by molar-refractivity contribution is 6.10. The zero-order valence-corrected chi connectivity index (χ0v) is 23.2. The second-order valence-corrected chi connectivity index (χ2v) is 11.7. The fourth-order valence-electron chi connectivity index (χ4n) is 6.86. The number of anilines is 1. The average molecular weight is 565 g/mol. The van der Waals surface area contributed by atoms with Crippen LogP contribution in [-0.4, -0.2) is 57.7 Å². The van der Waals surface area contributed by atoms with E-state index in [1.165, 1.54) is 5.56 Å². The van der Waals surface area contributed by atoms with Crippen molar-refractivity contribution in [2.75, 3.05) is 18.0 Å². The Bertz CT molecular complexity index is 1630. The lowest BCUT2D eigenvalue weighted by molar-refractivity contribution is -0.136. The van der Waals surface area contributed by atoms with E-state index in [0.29, 0.717) is 42.2 Å². The van der Waals surface area contributed by atoms with Gasteiger partial charge in [-0.25, -0.2) is 0 Å². The third-order valence-corrected chi connectivity index (χ3v) is 9.16. The summed E-state index contributed by atoms with van der Waals surface area (Å²) < 4.78 is 0. The van der Waals surface area contributed by atoms with E-state index in [-0.39, 0.29) is 35.8 Å². The average Bonchev–Trinajstić information content (AvgIpc) is 3.49. The second-order valence-electron chi connectivity index (χ2n) is 11.7. The van der Waals surface area contributed by atoms with Gasteiger partial charge in [0.25, 0.3) is 11.8 Å². The van der Waals surface area contributed by atoms with Crippen LogP contribution in [0.5, 0.6) is 5.75 Å². The number of piperidine rings is 2. The highest BCUT2D eigenvalue weighted by Crippen LogP contribution is 2.36. The topological polar surface area (TPSA) is 110 Å². The number of amides is 4. The molecule has 4 aliphatic heterocycles. The maximum Gasteiger partial charge on any atom is 0.259 e. The number of phenolic OH excluding ortho intramolecular Hbond substituents is 1. The minimum absolute atomic E-state index is 0.0849. The van der Waals surface area contributed by atoms with Crippen LogP contribution in [0.1, 0.15) is 74.6 Å². The van der Waals surface area contributed by atoms with Gasteiger partial charge in [0.2, 0.25) is 11.8 Å². The van der Waals surface area contributed by atoms with Crippen molar-refractivity contribution in [2.45, 2.75) is 57.3 Å². The van der Waals surface area contributed by atoms with Gasteiger partial charge in [0, 0.05) is 30.6 Å². The Kier molecular flexibility index (Phi) is 6.54. The van der Waals surface area contributed by atoms with E-state index in [1.807, 2.05) is 30.3 Å². The first-order valence-electron chi connectivity index (χ1n) is 14.6. The monoisotopic (exact) mass is 564 g/mol. The van der Waals surface area contributed by atoms with Gasteiger partial charge in [-0.3, -0.25) is 29.4 Å². The van der Waals surface area contributed by atoms with Gasteiger partial charge < -0.3 is 14.9 Å². The number of nitrogens with zero attached hydrogens (tertiary/aromatic N) is 3. The normalized spacial score (nSPS) is 21.1. The van der Waals surface area contributed by atoms with Crippen LogP contribution in [0.3, 0.4) is 0 Å². The predicted octanol–water partition coefficient (Wildman–Crippen LogP) is 3.69. The number of hydrogen-bond acceptors (Lipinski definition) is 6. The molecule has 2 fully saturated rings. The smallest absolute Gasteiger partial charge is 0.259 e. The van der Waals surface area contributed by atoms with E-state index in [0.717, 1.165) is 49.2 Å². The first-order valence-corrected chi connectivity index (χ1v) is 14.6. The van der Waals surface area contributed by atoms with Gasteiger partial charge in [-0.2, -0.15) is 0 Å². The SMILES string of the molecule is O=C1CCC(N2Cc3cc(C4CCN(Cc5ccc6c(c5)C(=O)N(c5ccccc5O)C6)CC4)ccc3C2=O)C(=O)N1. The number of likely N-dealkylation sites (tertiary alicyclic amines) is 1. The molecule has 3 aromatic carbocycles. The Labute approximate surface area is 243 Å². The number of hydrogen-bond donors (Lipinski definition) is 2. The zero-order chi connectivity index (χ0) is 29.0. The van der Waals surface area contributed by atoms with Gasteiger partial charge in [-0.1, -0.05) is 36.4 Å². The second kappa shape index (κ2) is 10.4. The number of carbonyl (C=O) groups excluding carboxylic acids is 4. The molecule has 0 spiro atoms. The summed E-state index contributed by atoms with van der Waals surface area (Å²) in [5.74, 6) is -0.408. The van der Waals surface area contributed by atoms with Crippen molar-refractivity contribution in [1.29, 1.82) is 0 Å². The number of benzene rings is 3. The summed E-state index contributed by atoms with van der Waals surface area (Å²) in [5, 5.41) is 12.6. The first-order chi connectivity index (χ1) is 20.4. The van der Waals surface area contributed by atoms with Crippen LogP contribution >= 0.6 is 0 Å². The van der Waals surface area contributed by atoms with E-state index in [1.54, 1.807) is 28.0 Å². The van der Waals surface area contributed by atoms with Crippen molar-refractivity contribution in [3.05, 3.63) is 94.0 Å². The van der Waals surface area contributed by atoms with Crippen LogP contribution in [0.25, 0.3) is 0 Å². The van der Waals surface area contributed by atoms with Crippen LogP contribution in [0.15, 0.2) is 60.7 Å². The van der Waals surface area contributed by atoms with E-state index >= 15 is 0 Å². The Morgan fingerprint density at radius 2 is 1.62 bits per heavy atom. The molecule has 9 heteroatoms. The number of rotatable bonds is 5. The molecule has 4 heterocycles. The number of para-hydroxylation sites is 2. The van der Waals surface area contributed by atoms with Crippen molar-refractivity contribution in [3.63, 3.8) is 0 Å². The molecule has 1 atom stereocenters. The summed E-state index contributed by atoms with van der Waals surface area (Å²) in [5.41, 5.74) is 6.12. The molecule has 42 heavy (non-hydrogen) atoms. The molecule has 0 radical (unpaired) electrons. The first kappa shape index (κ1) is 26.4. The lowest BCUT2D eigenvalue weighted by atomic mass is 9.87. The van der Waals surface area contributed by atoms with Gasteiger partial charge >= 0.3 is 0 Å². The summed E-state index contributed by atoms with van der Waals surface area (Å²) in [4.78, 5) is 55.8. The third kappa shape index (κ3) is 4.63. The Morgan fingerprint density at radius 3 is 2.40 bits per heavy atom. The lowest BCUT2D eigenvalue weighted by Crippen LogP contribution is -2.52. The van der Waals surface area contributed by atoms with Crippen LogP contribution in [0.2, 0.25) is 0 Å². The number of fused-ring (bicyclic) bond motifs is 2. The molecule has 7 rings (SSSR count). The van der Waals surface area contributed by atoms with E-state index in [9.17, 15) is 24.3 Å². The molecule has 214 valence electrons. The van der Waals surface area contributed by atoms with Crippen molar-refractivity contribution in [3.8, 4) is 5.75 Å². The van der Waals surface area contributed by atoms with E-state index in [4.69, 9.17) is 0 Å².